The van der Waals surface area contributed by atoms with Gasteiger partial charge in [-0.1, -0.05) is 26.0 Å². The number of anilines is 4. The van der Waals surface area contributed by atoms with Gasteiger partial charge in [0.2, 0.25) is 5.95 Å². The van der Waals surface area contributed by atoms with Crippen LogP contribution in [0.2, 0.25) is 0 Å². The van der Waals surface area contributed by atoms with E-state index in [0.717, 1.165) is 50.1 Å². The Morgan fingerprint density at radius 3 is 2.27 bits per heavy atom. The van der Waals surface area contributed by atoms with E-state index in [-0.39, 0.29) is 47.7 Å². The number of halogens is 3. The Hall–Kier alpha value is -3.75. The smallest absolute Gasteiger partial charge is 0.421 e. The van der Waals surface area contributed by atoms with Gasteiger partial charge in [0.1, 0.15) is 17.1 Å². The first-order chi connectivity index (χ1) is 24.1. The van der Waals surface area contributed by atoms with Crippen molar-refractivity contribution in [2.24, 2.45) is 0 Å². The highest BCUT2D eigenvalue weighted by Crippen LogP contribution is 2.61. The number of carbonyl (C=O) groups excluding carboxylic acids is 1. The molecule has 12 nitrogen and oxygen atoms in total. The molecular formula is C35H45F3N7O5P. The molecule has 3 aliphatic rings. The third-order valence-corrected chi connectivity index (χ3v) is 13.0. The van der Waals surface area contributed by atoms with Gasteiger partial charge < -0.3 is 35.0 Å². The van der Waals surface area contributed by atoms with Crippen LogP contribution in [0, 0.1) is 0 Å². The molecule has 0 atom stereocenters. The number of nitrogens with zero attached hydrogens (tertiary/aromatic N) is 5. The second-order valence-corrected chi connectivity index (χ2v) is 15.7. The molecule has 4 N–H and O–H groups in total. The maximum Gasteiger partial charge on any atom is 0.421 e. The maximum absolute atomic E-state index is 14.3. The van der Waals surface area contributed by atoms with E-state index in [2.05, 4.69) is 37.4 Å². The summed E-state index contributed by atoms with van der Waals surface area (Å²) in [5.41, 5.74) is 1.98. The van der Waals surface area contributed by atoms with Crippen LogP contribution in [0.15, 0.2) is 36.5 Å². The molecule has 2 aliphatic heterocycles. The third kappa shape index (κ3) is 6.94. The average Bonchev–Trinajstić information content (AvgIpc) is 3.36. The number of rotatable bonds is 11. The van der Waals surface area contributed by atoms with Crippen LogP contribution in [0.4, 0.5) is 36.3 Å². The minimum Gasteiger partial charge on any atom is -0.495 e. The molecule has 1 aromatic heterocycles. The van der Waals surface area contributed by atoms with Gasteiger partial charge in [-0.25, -0.2) is 4.98 Å². The van der Waals surface area contributed by atoms with E-state index in [0.29, 0.717) is 29.9 Å². The van der Waals surface area contributed by atoms with Gasteiger partial charge in [0.05, 0.1) is 29.2 Å². The molecule has 51 heavy (non-hydrogen) atoms. The average molecular weight is 732 g/mol. The highest BCUT2D eigenvalue weighted by Gasteiger charge is 2.46. The van der Waals surface area contributed by atoms with E-state index in [9.17, 15) is 32.3 Å². The lowest BCUT2D eigenvalue weighted by atomic mass is 9.73. The second kappa shape index (κ2) is 14.0. The lowest BCUT2D eigenvalue weighted by Gasteiger charge is -2.46. The normalized spacial score (nSPS) is 20.3. The largest absolute Gasteiger partial charge is 0.495 e. The Bertz CT molecular complexity index is 1840. The monoisotopic (exact) mass is 731 g/mol. The zero-order chi connectivity index (χ0) is 36.9. The Balaban J connectivity index is 1.29. The molecule has 1 amide bonds. The van der Waals surface area contributed by atoms with Crippen LogP contribution in [-0.2, 0) is 22.4 Å². The summed E-state index contributed by atoms with van der Waals surface area (Å²) in [4.78, 5) is 48.4. The first-order valence-electron chi connectivity index (χ1n) is 17.2. The second-order valence-electron chi connectivity index (χ2n) is 13.8. The minimum atomic E-state index is -4.81. The zero-order valence-electron chi connectivity index (χ0n) is 29.4. The number of ether oxygens (including phenoxy) is 1. The first kappa shape index (κ1) is 37.0. The fourth-order valence-electron chi connectivity index (χ4n) is 7.71. The van der Waals surface area contributed by atoms with E-state index >= 15 is 0 Å². The molecular weight excluding hydrogens is 686 g/mol. The van der Waals surface area contributed by atoms with Gasteiger partial charge in [0.25, 0.3) is 5.91 Å². The van der Waals surface area contributed by atoms with Crippen LogP contribution < -0.4 is 15.4 Å². The van der Waals surface area contributed by atoms with Crippen LogP contribution >= 0.6 is 7.60 Å². The molecule has 1 saturated heterocycles. The van der Waals surface area contributed by atoms with Crippen molar-refractivity contribution in [1.82, 2.24) is 24.7 Å². The van der Waals surface area contributed by atoms with E-state index in [1.165, 1.54) is 19.2 Å². The number of aromatic nitrogens is 2. The molecule has 6 rings (SSSR count). The fourth-order valence-corrected chi connectivity index (χ4v) is 9.01. The van der Waals surface area contributed by atoms with Gasteiger partial charge >= 0.3 is 13.8 Å². The van der Waals surface area contributed by atoms with Crippen molar-refractivity contribution in [3.05, 3.63) is 64.3 Å². The van der Waals surface area contributed by atoms with Crippen LogP contribution in [-0.4, -0.2) is 93.8 Å². The number of benzene rings is 2. The standard InChI is InChI=1S/C35H45F3N7O5P/c1-6-34(7-2,51(47,48)49)22-8-10-27(29(18-22)50-5)41-33-39-19-26(35(36,37)38)31(42-33)40-28-11-9-24(25-20-44(4)32(46)30(25)28)21-16-23(17-21)45-14-12-43(3)13-15-45/h8-11,18-19,21,23H,6-7,12-17,20H2,1-5H3,(H2,47,48,49)(H2,39,40,41,42)/t21-,23-. The Morgan fingerprint density at radius 1 is 1.00 bits per heavy atom. The molecule has 1 saturated carbocycles. The van der Waals surface area contributed by atoms with E-state index in [1.807, 2.05) is 6.07 Å². The Labute approximate surface area is 295 Å². The molecule has 276 valence electrons. The van der Waals surface area contributed by atoms with Gasteiger partial charge in [-0.3, -0.25) is 14.3 Å². The number of hydrogen-bond acceptors (Lipinski definition) is 9. The van der Waals surface area contributed by atoms with Crippen molar-refractivity contribution in [1.29, 1.82) is 0 Å². The van der Waals surface area contributed by atoms with Crippen LogP contribution in [0.3, 0.4) is 0 Å². The Kier molecular flexibility index (Phi) is 10.2. The molecule has 2 aromatic carbocycles. The van der Waals surface area contributed by atoms with Gasteiger partial charge in [-0.2, -0.15) is 18.2 Å². The summed E-state index contributed by atoms with van der Waals surface area (Å²) >= 11 is 0. The summed E-state index contributed by atoms with van der Waals surface area (Å²) < 4.78 is 60.9. The number of alkyl halides is 3. The molecule has 0 radical (unpaired) electrons. The third-order valence-electron chi connectivity index (χ3n) is 11.0. The van der Waals surface area contributed by atoms with Gasteiger partial charge in [-0.15, -0.1) is 0 Å². The summed E-state index contributed by atoms with van der Waals surface area (Å²) in [6.07, 6.45) is -1.85. The molecule has 3 aromatic rings. The van der Waals surface area contributed by atoms with Crippen molar-refractivity contribution in [3.8, 4) is 5.75 Å². The Morgan fingerprint density at radius 2 is 1.67 bits per heavy atom. The zero-order valence-corrected chi connectivity index (χ0v) is 30.3. The highest BCUT2D eigenvalue weighted by molar-refractivity contribution is 7.53. The topological polar surface area (TPSA) is 143 Å². The summed E-state index contributed by atoms with van der Waals surface area (Å²) in [5.74, 6) is -0.548. The molecule has 0 unspecified atom stereocenters. The number of methoxy groups -OCH3 is 1. The number of amides is 1. The van der Waals surface area contributed by atoms with Crippen molar-refractivity contribution in [2.75, 3.05) is 58.0 Å². The molecule has 1 aliphatic carbocycles. The van der Waals surface area contributed by atoms with Crippen LogP contribution in [0.1, 0.15) is 78.1 Å². The van der Waals surface area contributed by atoms with Crippen molar-refractivity contribution in [3.63, 3.8) is 0 Å². The van der Waals surface area contributed by atoms with E-state index in [4.69, 9.17) is 4.74 Å². The summed E-state index contributed by atoms with van der Waals surface area (Å²) in [6.45, 7) is 7.88. The fraction of sp³-hybridized carbons (Fsp3) is 0.514. The molecule has 16 heteroatoms. The van der Waals surface area contributed by atoms with E-state index < -0.39 is 30.3 Å². The number of fused-ring (bicyclic) bond motifs is 1. The predicted molar refractivity (Wildman–Crippen MR) is 188 cm³/mol. The van der Waals surface area contributed by atoms with Crippen molar-refractivity contribution >= 4 is 36.6 Å². The minimum absolute atomic E-state index is 0.168. The predicted octanol–water partition coefficient (Wildman–Crippen LogP) is 6.26. The number of piperazine rings is 1. The molecule has 0 spiro atoms. The van der Waals surface area contributed by atoms with Crippen molar-refractivity contribution < 1.29 is 37.1 Å². The van der Waals surface area contributed by atoms with Gasteiger partial charge in [0.15, 0.2) is 0 Å². The highest BCUT2D eigenvalue weighted by atomic mass is 31.2. The number of likely N-dealkylation sites (N-methyl/N-ethyl adjacent to an activating group) is 1. The molecule has 3 heterocycles. The number of nitrogens with one attached hydrogen (secondary N) is 2. The van der Waals surface area contributed by atoms with Crippen LogP contribution in [0.5, 0.6) is 5.75 Å². The van der Waals surface area contributed by atoms with Gasteiger partial charge in [0, 0.05) is 52.0 Å². The summed E-state index contributed by atoms with van der Waals surface area (Å²) in [7, 11) is 0.599. The van der Waals surface area contributed by atoms with Gasteiger partial charge in [-0.05, 0) is 73.5 Å². The molecule has 0 bridgehead atoms. The SMILES string of the molecule is CCC(CC)(c1ccc(Nc2ncc(C(F)(F)F)c(Nc3ccc([C@H]4C[C@H](N5CCN(C)CC5)C4)c4c3C(=O)N(C)C4)n2)c(OC)c1)P(=O)(O)O. The van der Waals surface area contributed by atoms with Crippen molar-refractivity contribution in [2.45, 2.75) is 69.4 Å². The van der Waals surface area contributed by atoms with E-state index in [1.54, 1.807) is 37.9 Å². The first-order valence-corrected chi connectivity index (χ1v) is 18.8. The lowest BCUT2D eigenvalue weighted by Crippen LogP contribution is -2.52. The van der Waals surface area contributed by atoms with Crippen LogP contribution in [0.25, 0.3) is 0 Å². The number of carbonyl (C=O) groups is 1. The summed E-state index contributed by atoms with van der Waals surface area (Å²) in [5, 5.41) is 4.28. The lowest BCUT2D eigenvalue weighted by molar-refractivity contribution is -0.137. The number of hydrogen-bond donors (Lipinski definition) is 4. The maximum atomic E-state index is 14.3. The quantitative estimate of drug-likeness (QED) is 0.166. The molecule has 2 fully saturated rings. The summed E-state index contributed by atoms with van der Waals surface area (Å²) in [6, 6.07) is 8.63.